The van der Waals surface area contributed by atoms with E-state index in [0.29, 0.717) is 6.04 Å². The van der Waals surface area contributed by atoms with Crippen molar-refractivity contribution < 1.29 is 0 Å². The maximum atomic E-state index is 4.70. The van der Waals surface area contributed by atoms with Crippen molar-refractivity contribution in [2.24, 2.45) is 0 Å². The first kappa shape index (κ1) is 17.8. The summed E-state index contributed by atoms with van der Waals surface area (Å²) >= 11 is 0. The average Bonchev–Trinajstić information content (AvgIpc) is 2.67. The van der Waals surface area contributed by atoms with Gasteiger partial charge in [-0.3, -0.25) is 9.88 Å². The van der Waals surface area contributed by atoms with E-state index in [-0.39, 0.29) is 0 Å². The molecule has 1 saturated heterocycles. The van der Waals surface area contributed by atoms with Crippen LogP contribution < -0.4 is 5.32 Å². The van der Waals surface area contributed by atoms with Gasteiger partial charge in [0, 0.05) is 68.5 Å². The molecule has 1 N–H and O–H groups in total. The number of nitrogens with zero attached hydrogens (tertiary/aromatic N) is 5. The summed E-state index contributed by atoms with van der Waals surface area (Å²) < 4.78 is 0. The molecule has 2 aromatic heterocycles. The lowest BCUT2D eigenvalue weighted by Gasteiger charge is -2.36. The molecule has 0 bridgehead atoms. The Labute approximate surface area is 150 Å². The Bertz CT molecular complexity index is 667. The van der Waals surface area contributed by atoms with Crippen molar-refractivity contribution in [2.45, 2.75) is 26.3 Å². The van der Waals surface area contributed by atoms with Gasteiger partial charge in [-0.25, -0.2) is 9.97 Å². The van der Waals surface area contributed by atoms with E-state index in [1.807, 2.05) is 12.1 Å². The minimum absolute atomic E-state index is 0.484. The molecule has 1 fully saturated rings. The average molecular weight is 340 g/mol. The zero-order chi connectivity index (χ0) is 17.6. The van der Waals surface area contributed by atoms with Crippen molar-refractivity contribution in [3.05, 3.63) is 36.3 Å². The van der Waals surface area contributed by atoms with Gasteiger partial charge in [-0.15, -0.1) is 0 Å². The van der Waals surface area contributed by atoms with E-state index in [2.05, 4.69) is 52.0 Å². The molecular weight excluding hydrogens is 312 g/mol. The molecule has 3 rings (SSSR count). The van der Waals surface area contributed by atoms with Crippen LogP contribution in [0.3, 0.4) is 0 Å². The Morgan fingerprint density at radius 3 is 2.52 bits per heavy atom. The van der Waals surface area contributed by atoms with Crippen molar-refractivity contribution in [1.82, 2.24) is 24.8 Å². The third kappa shape index (κ3) is 4.74. The summed E-state index contributed by atoms with van der Waals surface area (Å²) in [5.74, 6) is 1.66. The minimum Gasteiger partial charge on any atom is -0.368 e. The molecule has 0 amide bonds. The number of hydrogen-bond donors (Lipinski definition) is 1. The van der Waals surface area contributed by atoms with Crippen LogP contribution in [0.2, 0.25) is 0 Å². The fourth-order valence-corrected chi connectivity index (χ4v) is 3.04. The van der Waals surface area contributed by atoms with Gasteiger partial charge in [0.2, 0.25) is 0 Å². The van der Waals surface area contributed by atoms with Crippen LogP contribution >= 0.6 is 0 Å². The number of anilines is 1. The standard InChI is InChI=1S/C19H28N6/c1-4-17-13-18(23-19(22-17)16-5-7-20-8-6-16)21-14-15(2)25-11-9-24(3)10-12-25/h5-8,13,15H,4,9-12,14H2,1-3H3,(H,21,22,23). The summed E-state index contributed by atoms with van der Waals surface area (Å²) in [6, 6.07) is 6.44. The number of rotatable bonds is 6. The van der Waals surface area contributed by atoms with Crippen LogP contribution in [0.5, 0.6) is 0 Å². The monoisotopic (exact) mass is 340 g/mol. The van der Waals surface area contributed by atoms with Gasteiger partial charge in [-0.05, 0) is 32.5 Å². The highest BCUT2D eigenvalue weighted by atomic mass is 15.3. The van der Waals surface area contributed by atoms with Gasteiger partial charge in [0.25, 0.3) is 0 Å². The van der Waals surface area contributed by atoms with E-state index >= 15 is 0 Å². The highest BCUT2D eigenvalue weighted by Gasteiger charge is 2.19. The predicted octanol–water partition coefficient (Wildman–Crippen LogP) is 2.15. The number of pyridine rings is 1. The van der Waals surface area contributed by atoms with Crippen LogP contribution in [-0.4, -0.2) is 70.6 Å². The minimum atomic E-state index is 0.484. The molecule has 2 aromatic rings. The molecule has 0 aromatic carbocycles. The van der Waals surface area contributed by atoms with Gasteiger partial charge in [-0.1, -0.05) is 6.92 Å². The fraction of sp³-hybridized carbons (Fsp3) is 0.526. The van der Waals surface area contributed by atoms with Crippen LogP contribution in [0.25, 0.3) is 11.4 Å². The number of aromatic nitrogens is 3. The summed E-state index contributed by atoms with van der Waals surface area (Å²) in [4.78, 5) is 18.4. The molecule has 1 atom stereocenters. The molecule has 1 aliphatic rings. The molecule has 6 nitrogen and oxygen atoms in total. The normalized spacial score (nSPS) is 17.4. The molecule has 0 aliphatic carbocycles. The summed E-state index contributed by atoms with van der Waals surface area (Å²) in [5.41, 5.74) is 2.05. The largest absolute Gasteiger partial charge is 0.368 e. The first-order valence-electron chi connectivity index (χ1n) is 9.10. The molecule has 134 valence electrons. The molecule has 0 radical (unpaired) electrons. The highest BCUT2D eigenvalue weighted by Crippen LogP contribution is 2.18. The van der Waals surface area contributed by atoms with Crippen LogP contribution in [0.1, 0.15) is 19.5 Å². The van der Waals surface area contributed by atoms with E-state index in [0.717, 1.165) is 62.0 Å². The van der Waals surface area contributed by atoms with E-state index in [9.17, 15) is 0 Å². The van der Waals surface area contributed by atoms with Gasteiger partial charge in [-0.2, -0.15) is 0 Å². The van der Waals surface area contributed by atoms with E-state index in [4.69, 9.17) is 4.98 Å². The maximum Gasteiger partial charge on any atom is 0.161 e. The van der Waals surface area contributed by atoms with E-state index in [1.54, 1.807) is 12.4 Å². The lowest BCUT2D eigenvalue weighted by Crippen LogP contribution is -2.49. The van der Waals surface area contributed by atoms with Crippen molar-refractivity contribution in [3.8, 4) is 11.4 Å². The fourth-order valence-electron chi connectivity index (χ4n) is 3.04. The number of likely N-dealkylation sites (N-methyl/N-ethyl adjacent to an activating group) is 1. The van der Waals surface area contributed by atoms with Crippen molar-refractivity contribution in [2.75, 3.05) is 45.1 Å². The molecule has 3 heterocycles. The molecule has 6 heteroatoms. The second kappa shape index (κ2) is 8.36. The predicted molar refractivity (Wildman–Crippen MR) is 102 cm³/mol. The smallest absolute Gasteiger partial charge is 0.161 e. The van der Waals surface area contributed by atoms with Crippen LogP contribution in [0.4, 0.5) is 5.82 Å². The van der Waals surface area contributed by atoms with E-state index in [1.165, 1.54) is 0 Å². The first-order chi connectivity index (χ1) is 12.2. The van der Waals surface area contributed by atoms with Gasteiger partial charge in [0.15, 0.2) is 5.82 Å². The van der Waals surface area contributed by atoms with Crippen molar-refractivity contribution >= 4 is 5.82 Å². The van der Waals surface area contributed by atoms with Gasteiger partial charge >= 0.3 is 0 Å². The van der Waals surface area contributed by atoms with Gasteiger partial charge in [0.1, 0.15) is 5.82 Å². The third-order valence-corrected chi connectivity index (χ3v) is 4.82. The zero-order valence-corrected chi connectivity index (χ0v) is 15.4. The zero-order valence-electron chi connectivity index (χ0n) is 15.4. The summed E-state index contributed by atoms with van der Waals surface area (Å²) in [6.45, 7) is 9.84. The highest BCUT2D eigenvalue weighted by molar-refractivity contribution is 5.56. The van der Waals surface area contributed by atoms with Gasteiger partial charge < -0.3 is 10.2 Å². The topological polar surface area (TPSA) is 57.2 Å². The Balaban J connectivity index is 1.67. The second-order valence-electron chi connectivity index (χ2n) is 6.73. The number of hydrogen-bond acceptors (Lipinski definition) is 6. The summed E-state index contributed by atoms with van der Waals surface area (Å²) in [5, 5.41) is 3.52. The van der Waals surface area contributed by atoms with Crippen molar-refractivity contribution in [1.29, 1.82) is 0 Å². The first-order valence-corrected chi connectivity index (χ1v) is 9.10. The van der Waals surface area contributed by atoms with Crippen molar-refractivity contribution in [3.63, 3.8) is 0 Å². The van der Waals surface area contributed by atoms with Crippen LogP contribution in [0, 0.1) is 0 Å². The molecule has 25 heavy (non-hydrogen) atoms. The Hall–Kier alpha value is -2.05. The molecular formula is C19H28N6. The number of aryl methyl sites for hydroxylation is 1. The number of nitrogens with one attached hydrogen (secondary N) is 1. The Morgan fingerprint density at radius 1 is 1.12 bits per heavy atom. The Morgan fingerprint density at radius 2 is 1.84 bits per heavy atom. The molecule has 1 aliphatic heterocycles. The van der Waals surface area contributed by atoms with Crippen LogP contribution in [0.15, 0.2) is 30.6 Å². The van der Waals surface area contributed by atoms with Crippen LogP contribution in [-0.2, 0) is 6.42 Å². The SMILES string of the molecule is CCc1cc(NCC(C)N2CCN(C)CC2)nc(-c2ccncc2)n1. The maximum absolute atomic E-state index is 4.70. The molecule has 0 saturated carbocycles. The summed E-state index contributed by atoms with van der Waals surface area (Å²) in [6.07, 6.45) is 4.45. The Kier molecular flexibility index (Phi) is 5.94. The second-order valence-corrected chi connectivity index (χ2v) is 6.73. The lowest BCUT2D eigenvalue weighted by atomic mass is 10.2. The molecule has 1 unspecified atom stereocenters. The number of piperazine rings is 1. The van der Waals surface area contributed by atoms with Gasteiger partial charge in [0.05, 0.1) is 0 Å². The lowest BCUT2D eigenvalue weighted by molar-refractivity contribution is 0.123. The quantitative estimate of drug-likeness (QED) is 0.869. The summed E-state index contributed by atoms with van der Waals surface area (Å²) in [7, 11) is 2.19. The molecule has 0 spiro atoms. The van der Waals surface area contributed by atoms with E-state index < -0.39 is 0 Å². The third-order valence-electron chi connectivity index (χ3n) is 4.82.